The first-order valence-corrected chi connectivity index (χ1v) is 11.6. The number of hydrogen-bond acceptors (Lipinski definition) is 3. The number of nitrogens with zero attached hydrogens (tertiary/aromatic N) is 1. The fraction of sp³-hybridized carbons (Fsp3) is 0.231. The monoisotopic (exact) mass is 430 g/mol. The van der Waals surface area contributed by atoms with Crippen molar-refractivity contribution in [1.82, 2.24) is 0 Å². The van der Waals surface area contributed by atoms with Gasteiger partial charge < -0.3 is 5.32 Å². The fourth-order valence-corrected chi connectivity index (χ4v) is 5.12. The highest BCUT2D eigenvalue weighted by molar-refractivity contribution is 8.00. The highest BCUT2D eigenvalue weighted by atomic mass is 32.2. The van der Waals surface area contributed by atoms with Gasteiger partial charge in [-0.1, -0.05) is 61.5 Å². The zero-order valence-corrected chi connectivity index (χ0v) is 18.6. The standard InChI is InChI=1S/C26H26N2O2S/c1-3-23(19-9-5-4-6-10-19)25(30)27-21-14-12-20(13-15-21)26-28(24(29)17-31-26)22-11-7-8-18(2)16-22/h4-16,23,26H,3,17H2,1-2H3,(H,27,30). The molecule has 3 aromatic carbocycles. The van der Waals surface area contributed by atoms with Crippen LogP contribution >= 0.6 is 11.8 Å². The van der Waals surface area contributed by atoms with Gasteiger partial charge in [0.2, 0.25) is 11.8 Å². The maximum absolute atomic E-state index is 12.8. The molecule has 2 unspecified atom stereocenters. The second-order valence-corrected chi connectivity index (χ2v) is 8.82. The summed E-state index contributed by atoms with van der Waals surface area (Å²) in [4.78, 5) is 27.3. The van der Waals surface area contributed by atoms with Gasteiger partial charge in [-0.25, -0.2) is 0 Å². The summed E-state index contributed by atoms with van der Waals surface area (Å²) < 4.78 is 0. The molecule has 0 spiro atoms. The second kappa shape index (κ2) is 9.40. The van der Waals surface area contributed by atoms with Gasteiger partial charge in [0.1, 0.15) is 5.37 Å². The molecule has 1 fully saturated rings. The van der Waals surface area contributed by atoms with E-state index in [0.717, 1.165) is 34.5 Å². The lowest BCUT2D eigenvalue weighted by Gasteiger charge is -2.25. The van der Waals surface area contributed by atoms with E-state index in [4.69, 9.17) is 0 Å². The van der Waals surface area contributed by atoms with Crippen molar-refractivity contribution in [3.05, 3.63) is 95.6 Å². The molecule has 5 heteroatoms. The average Bonchev–Trinajstić information content (AvgIpc) is 3.17. The van der Waals surface area contributed by atoms with Gasteiger partial charge in [-0.3, -0.25) is 14.5 Å². The summed E-state index contributed by atoms with van der Waals surface area (Å²) in [5.41, 5.74) is 4.88. The van der Waals surface area contributed by atoms with E-state index in [1.54, 1.807) is 11.8 Å². The molecule has 2 amide bonds. The molecule has 0 aromatic heterocycles. The average molecular weight is 431 g/mol. The molecule has 1 saturated heterocycles. The van der Waals surface area contributed by atoms with Crippen molar-refractivity contribution in [2.24, 2.45) is 0 Å². The van der Waals surface area contributed by atoms with E-state index < -0.39 is 0 Å². The fourth-order valence-electron chi connectivity index (χ4n) is 3.95. The number of nitrogens with one attached hydrogen (secondary N) is 1. The molecule has 0 bridgehead atoms. The molecule has 158 valence electrons. The summed E-state index contributed by atoms with van der Waals surface area (Å²) in [7, 11) is 0. The topological polar surface area (TPSA) is 49.4 Å². The van der Waals surface area contributed by atoms with E-state index in [1.165, 1.54) is 0 Å². The Labute approximate surface area is 187 Å². The van der Waals surface area contributed by atoms with E-state index in [9.17, 15) is 9.59 Å². The SMILES string of the molecule is CCC(C(=O)Nc1ccc(C2SCC(=O)N2c2cccc(C)c2)cc1)c1ccccc1. The first kappa shape index (κ1) is 21.2. The predicted molar refractivity (Wildman–Crippen MR) is 128 cm³/mol. The van der Waals surface area contributed by atoms with E-state index in [0.29, 0.717) is 5.75 Å². The summed E-state index contributed by atoms with van der Waals surface area (Å²) in [5.74, 6) is 0.396. The molecule has 2 atom stereocenters. The van der Waals surface area contributed by atoms with Gasteiger partial charge in [0.05, 0.1) is 11.7 Å². The van der Waals surface area contributed by atoms with Crippen LogP contribution in [0.1, 0.15) is 41.3 Å². The van der Waals surface area contributed by atoms with Crippen molar-refractivity contribution < 1.29 is 9.59 Å². The van der Waals surface area contributed by atoms with Crippen LogP contribution in [-0.2, 0) is 9.59 Å². The number of aryl methyl sites for hydroxylation is 1. The molecule has 1 aliphatic rings. The van der Waals surface area contributed by atoms with Crippen molar-refractivity contribution >= 4 is 35.0 Å². The molecule has 1 aliphatic heterocycles. The first-order chi connectivity index (χ1) is 15.1. The molecule has 4 nitrogen and oxygen atoms in total. The van der Waals surface area contributed by atoms with Crippen LogP contribution < -0.4 is 10.2 Å². The van der Waals surface area contributed by atoms with Gasteiger partial charge in [0, 0.05) is 11.4 Å². The van der Waals surface area contributed by atoms with Crippen LogP contribution in [0.3, 0.4) is 0 Å². The Morgan fingerprint density at radius 2 is 1.81 bits per heavy atom. The van der Waals surface area contributed by atoms with Crippen molar-refractivity contribution in [3.8, 4) is 0 Å². The summed E-state index contributed by atoms with van der Waals surface area (Å²) in [6.07, 6.45) is 0.736. The minimum Gasteiger partial charge on any atom is -0.326 e. The Bertz CT molecular complexity index is 1070. The third-order valence-electron chi connectivity index (χ3n) is 5.54. The van der Waals surface area contributed by atoms with Gasteiger partial charge in [0.25, 0.3) is 0 Å². The number of carbonyl (C=O) groups excluding carboxylic acids is 2. The van der Waals surface area contributed by atoms with E-state index in [2.05, 4.69) is 5.32 Å². The van der Waals surface area contributed by atoms with Crippen LogP contribution in [0.25, 0.3) is 0 Å². The number of thioether (sulfide) groups is 1. The van der Waals surface area contributed by atoms with Crippen LogP contribution in [0, 0.1) is 6.92 Å². The van der Waals surface area contributed by atoms with Crippen molar-refractivity contribution in [3.63, 3.8) is 0 Å². The van der Waals surface area contributed by atoms with Gasteiger partial charge in [-0.2, -0.15) is 0 Å². The number of amides is 2. The van der Waals surface area contributed by atoms with Crippen LogP contribution in [0.2, 0.25) is 0 Å². The number of anilines is 2. The molecule has 0 aliphatic carbocycles. The molecule has 1 N–H and O–H groups in total. The van der Waals surface area contributed by atoms with Crippen LogP contribution in [0.5, 0.6) is 0 Å². The lowest BCUT2D eigenvalue weighted by atomic mass is 9.95. The third kappa shape index (κ3) is 4.67. The van der Waals surface area contributed by atoms with Gasteiger partial charge >= 0.3 is 0 Å². The maximum Gasteiger partial charge on any atom is 0.238 e. The maximum atomic E-state index is 12.8. The van der Waals surface area contributed by atoms with Gasteiger partial charge in [-0.15, -0.1) is 11.8 Å². The predicted octanol–water partition coefficient (Wildman–Crippen LogP) is 5.91. The molecule has 31 heavy (non-hydrogen) atoms. The zero-order valence-electron chi connectivity index (χ0n) is 17.7. The number of benzene rings is 3. The molecular weight excluding hydrogens is 404 g/mol. The van der Waals surface area contributed by atoms with Crippen LogP contribution in [0.4, 0.5) is 11.4 Å². The van der Waals surface area contributed by atoms with Crippen molar-refractivity contribution in [2.75, 3.05) is 16.0 Å². The Kier molecular flexibility index (Phi) is 6.42. The highest BCUT2D eigenvalue weighted by Gasteiger charge is 2.34. The van der Waals surface area contributed by atoms with Crippen LogP contribution in [-0.4, -0.2) is 17.6 Å². The third-order valence-corrected chi connectivity index (χ3v) is 6.75. The molecule has 3 aromatic rings. The minimum atomic E-state index is -0.180. The van der Waals surface area contributed by atoms with Gasteiger partial charge in [0.15, 0.2) is 0 Å². The van der Waals surface area contributed by atoms with Crippen molar-refractivity contribution in [1.29, 1.82) is 0 Å². The quantitative estimate of drug-likeness (QED) is 0.529. The number of rotatable bonds is 6. The molecule has 4 rings (SSSR count). The molecule has 1 heterocycles. The summed E-state index contributed by atoms with van der Waals surface area (Å²) in [6, 6.07) is 25.7. The lowest BCUT2D eigenvalue weighted by Crippen LogP contribution is -2.27. The number of carbonyl (C=O) groups is 2. The second-order valence-electron chi connectivity index (χ2n) is 7.75. The minimum absolute atomic E-state index is 0.00624. The number of hydrogen-bond donors (Lipinski definition) is 1. The Hall–Kier alpha value is -3.05. The highest BCUT2D eigenvalue weighted by Crippen LogP contribution is 2.42. The largest absolute Gasteiger partial charge is 0.326 e. The molecule has 0 radical (unpaired) electrons. The first-order valence-electron chi connectivity index (χ1n) is 10.5. The van der Waals surface area contributed by atoms with E-state index >= 15 is 0 Å². The molecular formula is C26H26N2O2S. The van der Waals surface area contributed by atoms with Crippen LogP contribution in [0.15, 0.2) is 78.9 Å². The zero-order chi connectivity index (χ0) is 21.8. The molecule has 0 saturated carbocycles. The Morgan fingerprint density at radius 1 is 1.06 bits per heavy atom. The van der Waals surface area contributed by atoms with Crippen molar-refractivity contribution in [2.45, 2.75) is 31.6 Å². The summed E-state index contributed by atoms with van der Waals surface area (Å²) in [5, 5.41) is 2.98. The Balaban J connectivity index is 1.50. The summed E-state index contributed by atoms with van der Waals surface area (Å²) >= 11 is 1.63. The smallest absolute Gasteiger partial charge is 0.238 e. The van der Waals surface area contributed by atoms with E-state index in [1.807, 2.05) is 97.6 Å². The lowest BCUT2D eigenvalue weighted by molar-refractivity contribution is -0.118. The normalized spacial score (nSPS) is 16.9. The van der Waals surface area contributed by atoms with E-state index in [-0.39, 0.29) is 23.1 Å². The van der Waals surface area contributed by atoms with Gasteiger partial charge in [-0.05, 0) is 54.3 Å². The summed E-state index contributed by atoms with van der Waals surface area (Å²) in [6.45, 7) is 4.05. The Morgan fingerprint density at radius 3 is 2.48 bits per heavy atom.